The maximum Gasteiger partial charge on any atom is 0.321 e. The first-order valence-electron chi connectivity index (χ1n) is 32.6. The van der Waals surface area contributed by atoms with E-state index < -0.39 is 0 Å². The van der Waals surface area contributed by atoms with Crippen LogP contribution in [-0.2, 0) is 0 Å². The lowest BCUT2D eigenvalue weighted by atomic mass is 9.80. The molecule has 85 heavy (non-hydrogen) atoms. The highest BCUT2D eigenvalue weighted by Crippen LogP contribution is 2.47. The number of Topliss-reactive ketones (excluding diaryl/α,β-unsaturated/α-hetero) is 3. The summed E-state index contributed by atoms with van der Waals surface area (Å²) in [5, 5.41) is 8.93. The Morgan fingerprint density at radius 1 is 0.459 bits per heavy atom. The van der Waals surface area contributed by atoms with Crippen molar-refractivity contribution in [2.45, 2.75) is 183 Å². The number of carbonyl (C=O) groups excluding carboxylic acids is 6. The minimum atomic E-state index is -0.354. The number of benzene rings is 3. The average Bonchev–Trinajstić information content (AvgIpc) is 4.46. The number of ketones is 3. The Kier molecular flexibility index (Phi) is 23.9. The average molecular weight is 1170 g/mol. The van der Waals surface area contributed by atoms with Crippen molar-refractivity contribution in [3.05, 3.63) is 89.5 Å². The molecule has 0 atom stereocenters. The summed E-state index contributed by atoms with van der Waals surface area (Å²) >= 11 is 0. The van der Waals surface area contributed by atoms with Crippen LogP contribution in [0, 0.1) is 34.0 Å². The number of urea groups is 3. The molecular formula is C70H107N9O6. The predicted molar refractivity (Wildman–Crippen MR) is 346 cm³/mol. The molecule has 0 bridgehead atoms. The summed E-state index contributed by atoms with van der Waals surface area (Å²) in [6.07, 6.45) is 17.4. The third kappa shape index (κ3) is 19.9. The van der Waals surface area contributed by atoms with Crippen LogP contribution in [0.3, 0.4) is 0 Å². The highest BCUT2D eigenvalue weighted by atomic mass is 16.2. The molecule has 0 aromatic heterocycles. The van der Waals surface area contributed by atoms with Crippen LogP contribution in [-0.4, -0.2) is 163 Å². The van der Waals surface area contributed by atoms with E-state index in [1.165, 1.54) is 38.8 Å². The Hall–Kier alpha value is -5.64. The lowest BCUT2D eigenvalue weighted by Gasteiger charge is -2.36. The van der Waals surface area contributed by atoms with E-state index in [9.17, 15) is 28.8 Å². The molecule has 468 valence electrons. The number of nitrogens with zero attached hydrogens (tertiary/aromatic N) is 6. The monoisotopic (exact) mass is 1170 g/mol. The van der Waals surface area contributed by atoms with Gasteiger partial charge in [0.05, 0.1) is 0 Å². The van der Waals surface area contributed by atoms with E-state index >= 15 is 0 Å². The Bertz CT molecular complexity index is 2650. The first-order chi connectivity index (χ1) is 40.4. The number of likely N-dealkylation sites (tertiary alicyclic amines) is 3. The summed E-state index contributed by atoms with van der Waals surface area (Å²) in [6, 6.07) is 22.6. The lowest BCUT2D eigenvalue weighted by molar-refractivity contribution is 0.0807. The molecule has 6 aliphatic rings. The van der Waals surface area contributed by atoms with Gasteiger partial charge in [-0.15, -0.1) is 0 Å². The summed E-state index contributed by atoms with van der Waals surface area (Å²) in [5.74, 6) is 2.88. The Morgan fingerprint density at radius 2 is 0.800 bits per heavy atom. The predicted octanol–water partition coefficient (Wildman–Crippen LogP) is 14.3. The fraction of sp³-hybridized carbons (Fsp3) is 0.657. The van der Waals surface area contributed by atoms with Gasteiger partial charge in [-0.3, -0.25) is 14.4 Å². The van der Waals surface area contributed by atoms with Gasteiger partial charge in [-0.2, -0.15) is 0 Å². The maximum absolute atomic E-state index is 12.8. The van der Waals surface area contributed by atoms with Crippen molar-refractivity contribution in [2.75, 3.05) is 96.0 Å². The minimum absolute atomic E-state index is 0.0148. The second-order valence-electron chi connectivity index (χ2n) is 27.9. The van der Waals surface area contributed by atoms with Crippen molar-refractivity contribution in [1.82, 2.24) is 29.4 Å². The van der Waals surface area contributed by atoms with Crippen LogP contribution in [0.1, 0.15) is 196 Å². The summed E-state index contributed by atoms with van der Waals surface area (Å²) in [7, 11) is 5.65. The molecule has 15 heteroatoms. The van der Waals surface area contributed by atoms with Crippen LogP contribution in [0.2, 0.25) is 0 Å². The first kappa shape index (κ1) is 66.9. The Morgan fingerprint density at radius 3 is 1.12 bits per heavy atom. The summed E-state index contributed by atoms with van der Waals surface area (Å²) in [5.41, 5.74) is 3.72. The van der Waals surface area contributed by atoms with Crippen molar-refractivity contribution in [3.8, 4) is 0 Å². The van der Waals surface area contributed by atoms with Crippen LogP contribution in [0.25, 0.3) is 0 Å². The van der Waals surface area contributed by atoms with Crippen molar-refractivity contribution < 1.29 is 28.8 Å². The molecule has 6 amide bonds. The molecule has 3 saturated heterocycles. The van der Waals surface area contributed by atoms with Gasteiger partial charge in [0.15, 0.2) is 17.3 Å². The highest BCUT2D eigenvalue weighted by Gasteiger charge is 2.43. The van der Waals surface area contributed by atoms with Crippen molar-refractivity contribution in [2.24, 2.45) is 34.0 Å². The smallest absolute Gasteiger partial charge is 0.321 e. The van der Waals surface area contributed by atoms with Crippen LogP contribution in [0.5, 0.6) is 0 Å². The molecule has 0 unspecified atom stereocenters. The molecule has 3 heterocycles. The van der Waals surface area contributed by atoms with Gasteiger partial charge in [-0.25, -0.2) is 14.4 Å². The molecule has 15 nitrogen and oxygen atoms in total. The molecule has 9 rings (SSSR count). The Balaban J connectivity index is 0.000000183. The van der Waals surface area contributed by atoms with Gasteiger partial charge in [0.25, 0.3) is 0 Å². The lowest BCUT2D eigenvalue weighted by Crippen LogP contribution is -2.47. The van der Waals surface area contributed by atoms with E-state index in [1.807, 2.05) is 136 Å². The van der Waals surface area contributed by atoms with E-state index in [2.05, 4.69) is 65.3 Å². The number of amides is 6. The second kappa shape index (κ2) is 30.3. The normalized spacial score (nSPS) is 18.6. The van der Waals surface area contributed by atoms with Gasteiger partial charge < -0.3 is 45.3 Å². The molecule has 0 radical (unpaired) electrons. The molecule has 3 saturated carbocycles. The third-order valence-corrected chi connectivity index (χ3v) is 19.7. The van der Waals surface area contributed by atoms with Crippen LogP contribution >= 0.6 is 0 Å². The first-order valence-corrected chi connectivity index (χ1v) is 32.6. The van der Waals surface area contributed by atoms with Gasteiger partial charge in [0, 0.05) is 143 Å². The largest absolute Gasteiger partial charge is 0.325 e. The fourth-order valence-corrected chi connectivity index (χ4v) is 12.4. The number of hydrogen-bond donors (Lipinski definition) is 3. The van der Waals surface area contributed by atoms with E-state index in [1.54, 1.807) is 0 Å². The second-order valence-corrected chi connectivity index (χ2v) is 27.9. The number of piperidine rings is 3. The molecule has 3 aromatic rings. The van der Waals surface area contributed by atoms with Gasteiger partial charge in [0.2, 0.25) is 0 Å². The molecule has 3 aliphatic heterocycles. The van der Waals surface area contributed by atoms with Crippen molar-refractivity contribution in [3.63, 3.8) is 0 Å². The van der Waals surface area contributed by atoms with E-state index in [0.29, 0.717) is 35.5 Å². The maximum atomic E-state index is 12.8. The molecule has 3 aliphatic carbocycles. The number of anilines is 3. The minimum Gasteiger partial charge on any atom is -0.325 e. The standard InChI is InChI=1S/C24H35N3O2.C24H37N3O2.C22H35N3O2/c1-24(2,19-8-9-19)22(28)18-6-10-20(11-7-18)25-23(29)26(3)21-12-14-27(15-13-21)16-17-4-5-17;1-5-24(2,3)16-22(28)19-8-10-20(11-9-19)25-23(29)26(4)21-12-14-27(15-13-21)17-18-6-7-18;1-6-14-22(3,4)20(26)17-8-10-18(11-9-17)23-21(27)24(5)19-12-15-25(7-2)16-13-19/h6-7,10-11,17,19,21H,4-5,8-9,12-16H2,1-3H3,(H,25,29);8-11,18,21H,5-7,12-17H2,1-4H3,(H,25,29);8-11,19H,6-7,12-16H2,1-5H3,(H,23,27). The summed E-state index contributed by atoms with van der Waals surface area (Å²) < 4.78 is 0. The van der Waals surface area contributed by atoms with Crippen LogP contribution < -0.4 is 16.0 Å². The Labute approximate surface area is 511 Å². The number of nitrogens with one attached hydrogen (secondary N) is 3. The van der Waals surface area contributed by atoms with Gasteiger partial charge >= 0.3 is 18.1 Å². The number of hydrogen-bond acceptors (Lipinski definition) is 9. The SMILES string of the molecule is CCC(C)(C)CC(=O)c1ccc(NC(=O)N(C)C2CCN(CC3CC3)CC2)cc1.CCCC(C)(C)C(=O)c1ccc(NC(=O)N(C)C2CCN(CC)CC2)cc1.CN(C(=O)Nc1ccc(C(=O)C(C)(C)C2CC2)cc1)C1CCN(CC2CC2)CC1. The zero-order valence-corrected chi connectivity index (χ0v) is 54.2. The van der Waals surface area contributed by atoms with E-state index in [4.69, 9.17) is 0 Å². The quantitative estimate of drug-likeness (QED) is 0.0833. The number of rotatable bonds is 22. The van der Waals surface area contributed by atoms with E-state index in [0.717, 1.165) is 151 Å². The summed E-state index contributed by atoms with van der Waals surface area (Å²) in [6.45, 7) is 28.7. The zero-order valence-electron chi connectivity index (χ0n) is 54.2. The van der Waals surface area contributed by atoms with Gasteiger partial charge in [-0.05, 0) is 186 Å². The van der Waals surface area contributed by atoms with Crippen LogP contribution in [0.15, 0.2) is 72.8 Å². The molecule has 3 N–H and O–H groups in total. The van der Waals surface area contributed by atoms with Gasteiger partial charge in [0.1, 0.15) is 0 Å². The number of carbonyl (C=O) groups is 6. The third-order valence-electron chi connectivity index (χ3n) is 19.7. The molecular weight excluding hydrogens is 1060 g/mol. The van der Waals surface area contributed by atoms with Crippen molar-refractivity contribution in [1.29, 1.82) is 0 Å². The summed E-state index contributed by atoms with van der Waals surface area (Å²) in [4.78, 5) is 88.9. The fourth-order valence-electron chi connectivity index (χ4n) is 12.4. The van der Waals surface area contributed by atoms with Crippen molar-refractivity contribution >= 4 is 52.5 Å². The molecule has 3 aromatic carbocycles. The van der Waals surface area contributed by atoms with E-state index in [-0.39, 0.29) is 57.7 Å². The topological polar surface area (TPSA) is 158 Å². The molecule has 0 spiro atoms. The van der Waals surface area contributed by atoms with Crippen LogP contribution in [0.4, 0.5) is 31.4 Å². The van der Waals surface area contributed by atoms with Gasteiger partial charge in [-0.1, -0.05) is 75.2 Å². The zero-order chi connectivity index (χ0) is 61.6. The molecule has 6 fully saturated rings. The highest BCUT2D eigenvalue weighted by molar-refractivity contribution is 6.02.